The molecule has 1 aromatic rings. The summed E-state index contributed by atoms with van der Waals surface area (Å²) in [5, 5.41) is 8.39. The van der Waals surface area contributed by atoms with Crippen LogP contribution in [-0.4, -0.2) is 29.7 Å². The van der Waals surface area contributed by atoms with Gasteiger partial charge in [-0.3, -0.25) is 0 Å². The molecule has 5 heteroatoms. The first kappa shape index (κ1) is 12.4. The lowest BCUT2D eigenvalue weighted by molar-refractivity contribution is -0.162. The minimum atomic E-state index is -0.992. The van der Waals surface area contributed by atoms with Gasteiger partial charge in [0.05, 0.1) is 0 Å². The molecule has 0 aliphatic carbocycles. The summed E-state index contributed by atoms with van der Waals surface area (Å²) in [6, 6.07) is 8.24. The fourth-order valence-corrected chi connectivity index (χ4v) is 1.17. The predicted molar refractivity (Wildman–Crippen MR) is 56.3 cm³/mol. The molecule has 5 nitrogen and oxygen atoms in total. The second kappa shape index (κ2) is 5.99. The highest BCUT2D eigenvalue weighted by Gasteiger charge is 2.18. The Balaban J connectivity index is 2.49. The van der Waals surface area contributed by atoms with E-state index in [0.29, 0.717) is 6.42 Å². The molecular weight excluding hydrogens is 210 g/mol. The van der Waals surface area contributed by atoms with E-state index in [9.17, 15) is 9.59 Å². The Morgan fingerprint density at radius 2 is 1.94 bits per heavy atom. The lowest BCUT2D eigenvalue weighted by Crippen LogP contribution is -2.36. The van der Waals surface area contributed by atoms with E-state index in [-0.39, 0.29) is 0 Å². The summed E-state index contributed by atoms with van der Waals surface area (Å²) in [7, 11) is 0. The second-order valence-corrected chi connectivity index (χ2v) is 3.25. The Hall–Kier alpha value is -1.72. The number of rotatable bonds is 4. The van der Waals surface area contributed by atoms with Crippen molar-refractivity contribution < 1.29 is 19.4 Å². The highest BCUT2D eigenvalue weighted by molar-refractivity contribution is 5.88. The molecule has 0 aliphatic rings. The molecular formula is C11H13NO4. The minimum absolute atomic E-state index is 0.290. The molecule has 0 saturated carbocycles. The highest BCUT2D eigenvalue weighted by atomic mass is 16.6. The third kappa shape index (κ3) is 3.80. The van der Waals surface area contributed by atoms with E-state index in [1.165, 1.54) is 0 Å². The number of carbonyl (C=O) groups excluding carboxylic acids is 2. The molecule has 1 atom stereocenters. The van der Waals surface area contributed by atoms with Gasteiger partial charge in [0.25, 0.3) is 0 Å². The van der Waals surface area contributed by atoms with Crippen LogP contribution < -0.4 is 5.73 Å². The maximum Gasteiger partial charge on any atom is 0.339 e. The molecule has 0 aliphatic heterocycles. The first-order chi connectivity index (χ1) is 7.63. The van der Waals surface area contributed by atoms with Crippen molar-refractivity contribution in [2.24, 2.45) is 5.73 Å². The van der Waals surface area contributed by atoms with Crippen LogP contribution in [0.2, 0.25) is 0 Å². The third-order valence-corrected chi connectivity index (χ3v) is 1.94. The van der Waals surface area contributed by atoms with E-state index in [2.05, 4.69) is 4.74 Å². The molecule has 0 heterocycles. The topological polar surface area (TPSA) is 89.6 Å². The Kier molecular flexibility index (Phi) is 4.63. The quantitative estimate of drug-likeness (QED) is 0.536. The van der Waals surface area contributed by atoms with E-state index in [0.717, 1.165) is 5.56 Å². The molecule has 0 radical (unpaired) electrons. The van der Waals surface area contributed by atoms with Gasteiger partial charge in [-0.25, -0.2) is 9.59 Å². The molecule has 0 fully saturated rings. The van der Waals surface area contributed by atoms with Crippen LogP contribution in [0.15, 0.2) is 30.3 Å². The number of esters is 2. The van der Waals surface area contributed by atoms with E-state index in [1.807, 2.05) is 30.3 Å². The number of benzene rings is 1. The van der Waals surface area contributed by atoms with E-state index >= 15 is 0 Å². The Morgan fingerprint density at radius 1 is 1.31 bits per heavy atom. The second-order valence-electron chi connectivity index (χ2n) is 3.25. The summed E-state index contributed by atoms with van der Waals surface area (Å²) in [4.78, 5) is 21.9. The SMILES string of the molecule is N[C@@H](Cc1ccccc1)C(=O)OC(=O)CO. The lowest BCUT2D eigenvalue weighted by atomic mass is 10.1. The van der Waals surface area contributed by atoms with E-state index in [4.69, 9.17) is 10.8 Å². The van der Waals surface area contributed by atoms with Crippen molar-refractivity contribution in [1.82, 2.24) is 0 Å². The maximum atomic E-state index is 11.2. The Bertz CT molecular complexity index is 364. The van der Waals surface area contributed by atoms with Crippen molar-refractivity contribution in [3.63, 3.8) is 0 Å². The molecule has 0 saturated heterocycles. The third-order valence-electron chi connectivity index (χ3n) is 1.94. The van der Waals surface area contributed by atoms with Crippen molar-refractivity contribution in [3.05, 3.63) is 35.9 Å². The van der Waals surface area contributed by atoms with Crippen LogP contribution in [0.4, 0.5) is 0 Å². The fourth-order valence-electron chi connectivity index (χ4n) is 1.17. The van der Waals surface area contributed by atoms with Crippen LogP contribution in [0, 0.1) is 0 Å². The molecule has 0 spiro atoms. The van der Waals surface area contributed by atoms with Gasteiger partial charge in [0.15, 0.2) is 0 Å². The summed E-state index contributed by atoms with van der Waals surface area (Å²) < 4.78 is 4.28. The molecule has 0 unspecified atom stereocenters. The van der Waals surface area contributed by atoms with Gasteiger partial charge in [0, 0.05) is 0 Å². The van der Waals surface area contributed by atoms with Gasteiger partial charge in [-0.05, 0) is 12.0 Å². The number of hydrogen-bond donors (Lipinski definition) is 2. The molecule has 0 amide bonds. The smallest absolute Gasteiger partial charge is 0.339 e. The summed E-state index contributed by atoms with van der Waals surface area (Å²) in [5.41, 5.74) is 6.42. The molecule has 0 bridgehead atoms. The van der Waals surface area contributed by atoms with Crippen molar-refractivity contribution in [2.75, 3.05) is 6.61 Å². The zero-order valence-electron chi connectivity index (χ0n) is 8.63. The molecule has 3 N–H and O–H groups in total. The van der Waals surface area contributed by atoms with E-state index in [1.54, 1.807) is 0 Å². The highest BCUT2D eigenvalue weighted by Crippen LogP contribution is 2.02. The average Bonchev–Trinajstić information content (AvgIpc) is 2.30. The summed E-state index contributed by atoms with van der Waals surface area (Å²) >= 11 is 0. The maximum absolute atomic E-state index is 11.2. The molecule has 0 aromatic heterocycles. The molecule has 86 valence electrons. The van der Waals surface area contributed by atoms with Gasteiger partial charge in [-0.1, -0.05) is 30.3 Å². The largest absolute Gasteiger partial charge is 0.390 e. The first-order valence-corrected chi connectivity index (χ1v) is 4.78. The number of ether oxygens (including phenoxy) is 1. The van der Waals surface area contributed by atoms with Crippen LogP contribution in [0.3, 0.4) is 0 Å². The summed E-state index contributed by atoms with van der Waals surface area (Å²) in [6.07, 6.45) is 0.290. The number of nitrogens with two attached hydrogens (primary N) is 1. The van der Waals surface area contributed by atoms with Gasteiger partial charge in [-0.15, -0.1) is 0 Å². The van der Waals surface area contributed by atoms with Crippen LogP contribution in [0.1, 0.15) is 5.56 Å². The molecule has 1 aromatic carbocycles. The van der Waals surface area contributed by atoms with Crippen LogP contribution in [-0.2, 0) is 20.7 Å². The summed E-state index contributed by atoms with van der Waals surface area (Å²) in [6.45, 7) is -0.830. The molecule has 1 rings (SSSR count). The Labute approximate surface area is 92.8 Å². The van der Waals surface area contributed by atoms with Crippen LogP contribution >= 0.6 is 0 Å². The van der Waals surface area contributed by atoms with Crippen LogP contribution in [0.5, 0.6) is 0 Å². The van der Waals surface area contributed by atoms with Gasteiger partial charge >= 0.3 is 11.9 Å². The van der Waals surface area contributed by atoms with Gasteiger partial charge in [0.1, 0.15) is 12.6 Å². The van der Waals surface area contributed by atoms with Crippen molar-refractivity contribution in [1.29, 1.82) is 0 Å². The lowest BCUT2D eigenvalue weighted by Gasteiger charge is -2.09. The van der Waals surface area contributed by atoms with Crippen molar-refractivity contribution in [3.8, 4) is 0 Å². The van der Waals surface area contributed by atoms with Crippen LogP contribution in [0.25, 0.3) is 0 Å². The number of aliphatic hydroxyl groups is 1. The number of hydrogen-bond acceptors (Lipinski definition) is 5. The van der Waals surface area contributed by atoms with Crippen molar-refractivity contribution in [2.45, 2.75) is 12.5 Å². The van der Waals surface area contributed by atoms with Gasteiger partial charge in [-0.2, -0.15) is 0 Å². The normalized spacial score (nSPS) is 11.9. The number of aliphatic hydroxyl groups excluding tert-OH is 1. The van der Waals surface area contributed by atoms with E-state index < -0.39 is 24.6 Å². The minimum Gasteiger partial charge on any atom is -0.390 e. The fraction of sp³-hybridized carbons (Fsp3) is 0.273. The predicted octanol–water partition coefficient (Wildman–Crippen LogP) is -0.381. The zero-order chi connectivity index (χ0) is 12.0. The molecule has 16 heavy (non-hydrogen) atoms. The zero-order valence-corrected chi connectivity index (χ0v) is 8.63. The monoisotopic (exact) mass is 223 g/mol. The Morgan fingerprint density at radius 3 is 2.50 bits per heavy atom. The summed E-state index contributed by atoms with van der Waals surface area (Å²) in [5.74, 6) is -1.82. The van der Waals surface area contributed by atoms with Crippen molar-refractivity contribution >= 4 is 11.9 Å². The standard InChI is InChI=1S/C11H13NO4/c12-9(11(15)16-10(14)7-13)6-8-4-2-1-3-5-8/h1-5,9,13H,6-7,12H2/t9-/m0/s1. The number of carbonyl (C=O) groups is 2. The van der Waals surface area contributed by atoms with Gasteiger partial charge in [0.2, 0.25) is 0 Å². The first-order valence-electron chi connectivity index (χ1n) is 4.78. The van der Waals surface area contributed by atoms with Gasteiger partial charge < -0.3 is 15.6 Å². The average molecular weight is 223 g/mol.